The van der Waals surface area contributed by atoms with E-state index in [1.807, 2.05) is 47.4 Å². The normalized spacial score (nSPS) is 18.8. The molecule has 1 fully saturated rings. The zero-order valence-corrected chi connectivity index (χ0v) is 17.6. The van der Waals surface area contributed by atoms with Crippen LogP contribution in [-0.2, 0) is 11.2 Å². The molecular weight excluding hydrogens is 406 g/mol. The Morgan fingerprint density at radius 2 is 1.97 bits per heavy atom. The fourth-order valence-corrected chi connectivity index (χ4v) is 4.69. The molecule has 1 aliphatic rings. The number of aryl methyl sites for hydroxylation is 1. The highest BCUT2D eigenvalue weighted by Gasteiger charge is 2.36. The molecule has 1 aromatic heterocycles. The molecule has 3 aromatic rings. The van der Waals surface area contributed by atoms with Gasteiger partial charge in [0, 0.05) is 34.1 Å². The molecule has 7 heteroatoms. The van der Waals surface area contributed by atoms with Crippen LogP contribution in [0.4, 0.5) is 10.8 Å². The molecule has 0 spiro atoms. The molecule has 0 aliphatic carbocycles. The third kappa shape index (κ3) is 4.29. The molecule has 29 heavy (non-hydrogen) atoms. The number of hydrogen-bond acceptors (Lipinski definition) is 5. The Morgan fingerprint density at radius 3 is 2.66 bits per heavy atom. The van der Waals surface area contributed by atoms with Gasteiger partial charge in [0.05, 0.1) is 11.8 Å². The van der Waals surface area contributed by atoms with Crippen LogP contribution in [0.3, 0.4) is 0 Å². The van der Waals surface area contributed by atoms with Crippen LogP contribution >= 0.6 is 22.9 Å². The number of anilines is 2. The first-order valence-electron chi connectivity index (χ1n) is 9.61. The van der Waals surface area contributed by atoms with Crippen LogP contribution in [0.2, 0.25) is 5.02 Å². The van der Waals surface area contributed by atoms with E-state index in [2.05, 4.69) is 17.2 Å². The van der Waals surface area contributed by atoms with Crippen molar-refractivity contribution >= 4 is 39.7 Å². The van der Waals surface area contributed by atoms with Crippen LogP contribution in [-0.4, -0.2) is 34.7 Å². The summed E-state index contributed by atoms with van der Waals surface area (Å²) in [5, 5.41) is 14.4. The van der Waals surface area contributed by atoms with Gasteiger partial charge in [-0.15, -0.1) is 11.3 Å². The van der Waals surface area contributed by atoms with Gasteiger partial charge >= 0.3 is 0 Å². The van der Waals surface area contributed by atoms with Gasteiger partial charge < -0.3 is 15.3 Å². The first-order chi connectivity index (χ1) is 14.0. The standard InChI is InChI=1S/C22H22ClN3O2S/c1-2-19-20(14-6-4-3-5-7-14)24-22(29-19)25-21(28)18-12-17(27)13-26(18)16-10-8-15(23)9-11-16/h3-11,17-18,27H,2,12-13H2,1H3,(H,24,25,28)/t17-,18+/m1/s1. The number of aromatic nitrogens is 1. The number of rotatable bonds is 5. The predicted molar refractivity (Wildman–Crippen MR) is 119 cm³/mol. The monoisotopic (exact) mass is 427 g/mol. The van der Waals surface area contributed by atoms with Crippen molar-refractivity contribution in [2.24, 2.45) is 0 Å². The summed E-state index contributed by atoms with van der Waals surface area (Å²) in [5.41, 5.74) is 2.82. The summed E-state index contributed by atoms with van der Waals surface area (Å²) in [5.74, 6) is -0.160. The number of carbonyl (C=O) groups excluding carboxylic acids is 1. The zero-order chi connectivity index (χ0) is 20.4. The largest absolute Gasteiger partial charge is 0.391 e. The number of carbonyl (C=O) groups is 1. The maximum absolute atomic E-state index is 13.0. The van der Waals surface area contributed by atoms with E-state index in [4.69, 9.17) is 11.6 Å². The molecule has 0 radical (unpaired) electrons. The number of thiazole rings is 1. The van der Waals surface area contributed by atoms with E-state index in [9.17, 15) is 9.90 Å². The minimum absolute atomic E-state index is 0.160. The zero-order valence-electron chi connectivity index (χ0n) is 16.0. The van der Waals surface area contributed by atoms with Crippen molar-refractivity contribution < 1.29 is 9.90 Å². The molecule has 2 heterocycles. The van der Waals surface area contributed by atoms with Gasteiger partial charge in [0.15, 0.2) is 5.13 Å². The third-order valence-electron chi connectivity index (χ3n) is 5.04. The van der Waals surface area contributed by atoms with Crippen molar-refractivity contribution in [2.45, 2.75) is 31.9 Å². The van der Waals surface area contributed by atoms with Crippen LogP contribution in [0.1, 0.15) is 18.2 Å². The van der Waals surface area contributed by atoms with E-state index in [1.54, 1.807) is 12.1 Å². The lowest BCUT2D eigenvalue weighted by molar-refractivity contribution is -0.117. The number of aliphatic hydroxyl groups is 1. The lowest BCUT2D eigenvalue weighted by Gasteiger charge is -2.25. The Morgan fingerprint density at radius 1 is 1.24 bits per heavy atom. The van der Waals surface area contributed by atoms with Crippen LogP contribution in [0, 0.1) is 0 Å². The molecule has 0 bridgehead atoms. The average molecular weight is 428 g/mol. The first kappa shape index (κ1) is 19.9. The van der Waals surface area contributed by atoms with Gasteiger partial charge in [0.25, 0.3) is 0 Å². The summed E-state index contributed by atoms with van der Waals surface area (Å²) >= 11 is 7.48. The Bertz CT molecular complexity index is 991. The van der Waals surface area contributed by atoms with Gasteiger partial charge in [-0.3, -0.25) is 4.79 Å². The van der Waals surface area contributed by atoms with E-state index in [0.29, 0.717) is 23.1 Å². The van der Waals surface area contributed by atoms with Gasteiger partial charge in [0.1, 0.15) is 6.04 Å². The summed E-state index contributed by atoms with van der Waals surface area (Å²) in [6, 6.07) is 16.8. The Balaban J connectivity index is 1.55. The number of amides is 1. The fraction of sp³-hybridized carbons (Fsp3) is 0.273. The number of nitrogens with one attached hydrogen (secondary N) is 1. The minimum Gasteiger partial charge on any atom is -0.391 e. The molecule has 0 saturated carbocycles. The van der Waals surface area contributed by atoms with E-state index in [-0.39, 0.29) is 5.91 Å². The second-order valence-corrected chi connectivity index (χ2v) is 8.55. The number of nitrogens with zero attached hydrogens (tertiary/aromatic N) is 2. The molecule has 2 N–H and O–H groups in total. The predicted octanol–water partition coefficient (Wildman–Crippen LogP) is 4.60. The Labute approximate surface area is 179 Å². The minimum atomic E-state index is -0.552. The van der Waals surface area contributed by atoms with Gasteiger partial charge in [-0.25, -0.2) is 4.98 Å². The van der Waals surface area contributed by atoms with Gasteiger partial charge in [-0.05, 0) is 30.7 Å². The SMILES string of the molecule is CCc1sc(NC(=O)[C@@H]2C[C@@H](O)CN2c2ccc(Cl)cc2)nc1-c1ccccc1. The number of aliphatic hydroxyl groups excluding tert-OH is 1. The number of halogens is 1. The Hall–Kier alpha value is -2.41. The highest BCUT2D eigenvalue weighted by Crippen LogP contribution is 2.33. The van der Waals surface area contributed by atoms with E-state index in [0.717, 1.165) is 28.2 Å². The molecule has 1 saturated heterocycles. The fourth-order valence-electron chi connectivity index (χ4n) is 3.64. The van der Waals surface area contributed by atoms with E-state index in [1.165, 1.54) is 11.3 Å². The van der Waals surface area contributed by atoms with Crippen LogP contribution in [0.25, 0.3) is 11.3 Å². The maximum atomic E-state index is 13.0. The van der Waals surface area contributed by atoms with Crippen molar-refractivity contribution in [3.05, 3.63) is 64.5 Å². The van der Waals surface area contributed by atoms with E-state index >= 15 is 0 Å². The van der Waals surface area contributed by atoms with Crippen molar-refractivity contribution in [1.82, 2.24) is 4.98 Å². The second-order valence-electron chi connectivity index (χ2n) is 7.03. The molecule has 5 nitrogen and oxygen atoms in total. The molecule has 1 amide bonds. The van der Waals surface area contributed by atoms with Crippen LogP contribution in [0.15, 0.2) is 54.6 Å². The quantitative estimate of drug-likeness (QED) is 0.624. The lowest BCUT2D eigenvalue weighted by Crippen LogP contribution is -2.39. The van der Waals surface area contributed by atoms with Gasteiger partial charge in [-0.1, -0.05) is 48.9 Å². The van der Waals surface area contributed by atoms with Crippen molar-refractivity contribution in [1.29, 1.82) is 0 Å². The molecule has 1 aliphatic heterocycles. The summed E-state index contributed by atoms with van der Waals surface area (Å²) < 4.78 is 0. The summed E-state index contributed by atoms with van der Waals surface area (Å²) in [6.45, 7) is 2.49. The molecule has 2 atom stereocenters. The number of hydrogen-bond donors (Lipinski definition) is 2. The maximum Gasteiger partial charge on any atom is 0.248 e. The molecule has 4 rings (SSSR count). The molecular formula is C22H22ClN3O2S. The van der Waals surface area contributed by atoms with Crippen LogP contribution < -0.4 is 10.2 Å². The summed E-state index contributed by atoms with van der Waals surface area (Å²) in [7, 11) is 0. The third-order valence-corrected chi connectivity index (χ3v) is 6.40. The smallest absolute Gasteiger partial charge is 0.248 e. The lowest BCUT2D eigenvalue weighted by atomic mass is 10.1. The number of β-amino-alcohol motifs (C(OH)–C–C–N with tert-alkyl or cyclic N) is 1. The molecule has 0 unspecified atom stereocenters. The highest BCUT2D eigenvalue weighted by molar-refractivity contribution is 7.16. The second kappa shape index (κ2) is 8.53. The van der Waals surface area contributed by atoms with Crippen LogP contribution in [0.5, 0.6) is 0 Å². The van der Waals surface area contributed by atoms with Gasteiger partial charge in [0.2, 0.25) is 5.91 Å². The number of benzene rings is 2. The average Bonchev–Trinajstić information content (AvgIpc) is 3.32. The van der Waals surface area contributed by atoms with Crippen molar-refractivity contribution in [3.8, 4) is 11.3 Å². The summed E-state index contributed by atoms with van der Waals surface area (Å²) in [6.07, 6.45) is 0.673. The topological polar surface area (TPSA) is 65.5 Å². The van der Waals surface area contributed by atoms with E-state index < -0.39 is 12.1 Å². The highest BCUT2D eigenvalue weighted by atomic mass is 35.5. The molecule has 2 aromatic carbocycles. The van der Waals surface area contributed by atoms with Crippen molar-refractivity contribution in [2.75, 3.05) is 16.8 Å². The van der Waals surface area contributed by atoms with Crippen molar-refractivity contribution in [3.63, 3.8) is 0 Å². The molecule has 150 valence electrons. The summed E-state index contributed by atoms with van der Waals surface area (Å²) in [4.78, 5) is 20.8. The first-order valence-corrected chi connectivity index (χ1v) is 10.8. The Kier molecular flexibility index (Phi) is 5.85. The van der Waals surface area contributed by atoms with Gasteiger partial charge in [-0.2, -0.15) is 0 Å².